The van der Waals surface area contributed by atoms with E-state index in [1.165, 1.54) is 6.92 Å². The average molecular weight is 281 g/mol. The number of hydroxylamine groups is 1. The number of carbonyl (C=O) groups is 1. The first-order valence-corrected chi connectivity index (χ1v) is 6.32. The summed E-state index contributed by atoms with van der Waals surface area (Å²) in [7, 11) is 0. The molecule has 1 atom stereocenters. The molecule has 0 radical (unpaired) electrons. The van der Waals surface area contributed by atoms with E-state index in [9.17, 15) is 10.0 Å². The Morgan fingerprint density at radius 2 is 1.79 bits per heavy atom. The van der Waals surface area contributed by atoms with Gasteiger partial charge in [0.2, 0.25) is 5.70 Å². The van der Waals surface area contributed by atoms with Crippen molar-refractivity contribution in [1.82, 2.24) is 0 Å². The first-order valence-electron chi connectivity index (χ1n) is 5.94. The van der Waals surface area contributed by atoms with E-state index < -0.39 is 6.04 Å². The van der Waals surface area contributed by atoms with Gasteiger partial charge >= 0.3 is 0 Å². The number of rotatable bonds is 4. The summed E-state index contributed by atoms with van der Waals surface area (Å²) < 4.78 is 0. The van der Waals surface area contributed by atoms with Crippen LogP contribution in [0.5, 0.6) is 0 Å². The molecule has 0 heterocycles. The largest absolute Gasteiger partial charge is 0.594 e. The van der Waals surface area contributed by atoms with Crippen molar-refractivity contribution in [3.63, 3.8) is 0 Å². The lowest BCUT2D eigenvalue weighted by atomic mass is 10.1. The van der Waals surface area contributed by atoms with Crippen LogP contribution in [0, 0.1) is 5.21 Å². The summed E-state index contributed by atoms with van der Waals surface area (Å²) in [5.41, 5.74) is 2.15. The van der Waals surface area contributed by atoms with Gasteiger partial charge in [0.15, 0.2) is 11.8 Å². The summed E-state index contributed by atoms with van der Waals surface area (Å²) >= 11 is 5.82. The molecule has 0 bridgehead atoms. The van der Waals surface area contributed by atoms with Gasteiger partial charge in [0.05, 0.1) is 0 Å². The van der Waals surface area contributed by atoms with E-state index in [1.807, 2.05) is 19.1 Å². The molecule has 0 aliphatic carbocycles. The lowest BCUT2D eigenvalue weighted by molar-refractivity contribution is -0.479. The lowest BCUT2D eigenvalue weighted by Gasteiger charge is -2.07. The van der Waals surface area contributed by atoms with E-state index in [2.05, 4.69) is 5.11 Å². The van der Waals surface area contributed by atoms with Gasteiger partial charge in [0, 0.05) is 17.5 Å². The number of nitrogens with zero attached hydrogens (tertiary/aromatic N) is 2. The second-order valence-electron chi connectivity index (χ2n) is 4.39. The fraction of sp³-hybridized carbons (Fsp3) is 0.357. The summed E-state index contributed by atoms with van der Waals surface area (Å²) in [5.74, 6) is -0.141. The third-order valence-electron chi connectivity index (χ3n) is 2.97. The number of hydrogen-bond donors (Lipinski definition) is 0. The Bertz CT molecular complexity index is 533. The van der Waals surface area contributed by atoms with Crippen LogP contribution >= 0.6 is 11.6 Å². The Labute approximate surface area is 118 Å². The number of allylic oxidation sites excluding steroid dienone is 2. The number of ketones is 1. The monoisotopic (exact) mass is 280 g/mol. The predicted molar refractivity (Wildman–Crippen MR) is 75.9 cm³/mol. The molecule has 102 valence electrons. The van der Waals surface area contributed by atoms with Crippen molar-refractivity contribution in [2.75, 3.05) is 0 Å². The van der Waals surface area contributed by atoms with Crippen LogP contribution in [0.3, 0.4) is 0 Å². The van der Waals surface area contributed by atoms with E-state index in [1.54, 1.807) is 26.0 Å². The van der Waals surface area contributed by atoms with Crippen LogP contribution in [-0.2, 0) is 4.79 Å². The van der Waals surface area contributed by atoms with E-state index in [0.717, 1.165) is 11.1 Å². The van der Waals surface area contributed by atoms with Gasteiger partial charge in [-0.2, -0.15) is 0 Å². The SMILES string of the molecule is CC(=O)C(C)N=[N+]([O-])C(C)=C(C)c1ccc(Cl)cc1. The van der Waals surface area contributed by atoms with Gasteiger partial charge in [-0.25, -0.2) is 0 Å². The number of halogens is 1. The summed E-state index contributed by atoms with van der Waals surface area (Å²) in [6.45, 7) is 6.51. The minimum absolute atomic E-state index is 0.141. The quantitative estimate of drug-likeness (QED) is 0.475. The maximum Gasteiger partial charge on any atom is 0.221 e. The highest BCUT2D eigenvalue weighted by Crippen LogP contribution is 2.21. The fourth-order valence-corrected chi connectivity index (χ4v) is 1.50. The average Bonchev–Trinajstić information content (AvgIpc) is 2.37. The molecule has 0 aromatic heterocycles. The van der Waals surface area contributed by atoms with Crippen molar-refractivity contribution >= 4 is 23.0 Å². The van der Waals surface area contributed by atoms with E-state index in [0.29, 0.717) is 15.6 Å². The van der Waals surface area contributed by atoms with Crippen molar-refractivity contribution in [2.45, 2.75) is 33.7 Å². The number of Topliss-reactive ketones (excluding diaryl/α,β-unsaturated/α-hetero) is 1. The molecule has 0 aliphatic rings. The third kappa shape index (κ3) is 4.17. The molecule has 4 nitrogen and oxygen atoms in total. The molecule has 0 fully saturated rings. The summed E-state index contributed by atoms with van der Waals surface area (Å²) in [5, 5.41) is 16.3. The Kier molecular flexibility index (Phi) is 5.24. The number of benzene rings is 1. The van der Waals surface area contributed by atoms with Crippen LogP contribution in [0.25, 0.3) is 5.57 Å². The van der Waals surface area contributed by atoms with Gasteiger partial charge in [-0.3, -0.25) is 4.79 Å². The van der Waals surface area contributed by atoms with Crippen LogP contribution in [0.15, 0.2) is 35.1 Å². The fourth-order valence-electron chi connectivity index (χ4n) is 1.38. The standard InChI is InChI=1S/C14H17ClN2O2/c1-9(13-5-7-14(15)8-6-13)11(3)17(19)16-10(2)12(4)18/h5-8,10H,1-4H3. The first-order chi connectivity index (χ1) is 8.82. The highest BCUT2D eigenvalue weighted by Gasteiger charge is 2.14. The van der Waals surface area contributed by atoms with Gasteiger partial charge in [-0.15, -0.1) is 0 Å². The minimum atomic E-state index is -0.634. The Morgan fingerprint density at radius 3 is 2.26 bits per heavy atom. The summed E-state index contributed by atoms with van der Waals surface area (Å²) in [4.78, 5) is 11.6. The van der Waals surface area contributed by atoms with E-state index in [4.69, 9.17) is 11.6 Å². The van der Waals surface area contributed by atoms with Gasteiger partial charge in [0.1, 0.15) is 0 Å². The van der Waals surface area contributed by atoms with Crippen LogP contribution in [0.1, 0.15) is 33.3 Å². The van der Waals surface area contributed by atoms with Crippen molar-refractivity contribution < 1.29 is 9.66 Å². The molecule has 0 saturated heterocycles. The summed E-state index contributed by atoms with van der Waals surface area (Å²) in [6, 6.07) is 6.56. The molecule has 0 N–H and O–H groups in total. The highest BCUT2D eigenvalue weighted by atomic mass is 35.5. The highest BCUT2D eigenvalue weighted by molar-refractivity contribution is 6.30. The molecule has 0 spiro atoms. The Morgan fingerprint density at radius 1 is 1.26 bits per heavy atom. The normalized spacial score (nSPS) is 14.9. The van der Waals surface area contributed by atoms with Crippen molar-refractivity contribution in [3.05, 3.63) is 45.8 Å². The smallest absolute Gasteiger partial charge is 0.221 e. The number of azo groups is 1. The Balaban J connectivity index is 3.08. The van der Waals surface area contributed by atoms with E-state index in [-0.39, 0.29) is 5.78 Å². The maximum atomic E-state index is 11.9. The van der Waals surface area contributed by atoms with Gasteiger partial charge in [-0.1, -0.05) is 28.6 Å². The van der Waals surface area contributed by atoms with Gasteiger partial charge < -0.3 is 5.21 Å². The second-order valence-corrected chi connectivity index (χ2v) is 4.83. The van der Waals surface area contributed by atoms with Crippen molar-refractivity contribution in [1.29, 1.82) is 0 Å². The zero-order valence-corrected chi connectivity index (χ0v) is 12.2. The van der Waals surface area contributed by atoms with Crippen LogP contribution in [0.4, 0.5) is 0 Å². The first kappa shape index (κ1) is 15.4. The zero-order chi connectivity index (χ0) is 14.6. The van der Waals surface area contributed by atoms with Gasteiger partial charge in [-0.05, 0) is 43.6 Å². The van der Waals surface area contributed by atoms with Crippen molar-refractivity contribution in [3.8, 4) is 0 Å². The number of carbonyl (C=O) groups excluding carboxylic acids is 1. The Hall–Kier alpha value is -1.68. The third-order valence-corrected chi connectivity index (χ3v) is 3.23. The van der Waals surface area contributed by atoms with E-state index >= 15 is 0 Å². The molecule has 0 saturated carbocycles. The molecule has 1 rings (SSSR count). The molecule has 1 unspecified atom stereocenters. The molecule has 19 heavy (non-hydrogen) atoms. The second kappa shape index (κ2) is 6.48. The molecular weight excluding hydrogens is 264 g/mol. The number of hydrogen-bond acceptors (Lipinski definition) is 3. The molecule has 1 aromatic rings. The predicted octanol–water partition coefficient (Wildman–Crippen LogP) is 4.03. The lowest BCUT2D eigenvalue weighted by Crippen LogP contribution is -2.14. The molecular formula is C14H17ClN2O2. The van der Waals surface area contributed by atoms with Crippen LogP contribution in [-0.4, -0.2) is 16.7 Å². The zero-order valence-electron chi connectivity index (χ0n) is 11.5. The molecule has 0 amide bonds. The molecule has 1 aromatic carbocycles. The molecule has 5 heteroatoms. The maximum absolute atomic E-state index is 11.9. The van der Waals surface area contributed by atoms with Crippen LogP contribution < -0.4 is 0 Å². The van der Waals surface area contributed by atoms with Gasteiger partial charge in [0.25, 0.3) is 0 Å². The topological polar surface area (TPSA) is 55.5 Å². The van der Waals surface area contributed by atoms with Crippen LogP contribution in [0.2, 0.25) is 5.02 Å². The minimum Gasteiger partial charge on any atom is -0.594 e. The van der Waals surface area contributed by atoms with Crippen molar-refractivity contribution in [2.24, 2.45) is 5.11 Å². The molecule has 0 aliphatic heterocycles. The summed E-state index contributed by atoms with van der Waals surface area (Å²) in [6.07, 6.45) is 0.